The van der Waals surface area contributed by atoms with Gasteiger partial charge in [0.2, 0.25) is 0 Å². The standard InChI is InChI=1S/C16H24N2O/c17-16(10-15-11-18-7-8-19-15)14-6-5-12-3-1-2-4-13(12)9-14/h5-6,9,15-16,18H,1-4,7-8,10-11,17H2. The number of nitrogens with two attached hydrogens (primary N) is 1. The summed E-state index contributed by atoms with van der Waals surface area (Å²) in [6.45, 7) is 2.70. The highest BCUT2D eigenvalue weighted by molar-refractivity contribution is 5.35. The minimum Gasteiger partial charge on any atom is -0.376 e. The Labute approximate surface area is 115 Å². The Kier molecular flexibility index (Phi) is 4.16. The van der Waals surface area contributed by atoms with Crippen LogP contribution in [-0.4, -0.2) is 25.8 Å². The maximum absolute atomic E-state index is 6.35. The summed E-state index contributed by atoms with van der Waals surface area (Å²) in [6.07, 6.45) is 6.28. The van der Waals surface area contributed by atoms with Crippen LogP contribution in [0.25, 0.3) is 0 Å². The van der Waals surface area contributed by atoms with Crippen molar-refractivity contribution >= 4 is 0 Å². The van der Waals surface area contributed by atoms with E-state index in [-0.39, 0.29) is 12.1 Å². The molecule has 2 aliphatic rings. The zero-order valence-electron chi connectivity index (χ0n) is 11.5. The highest BCUT2D eigenvalue weighted by atomic mass is 16.5. The fourth-order valence-electron chi connectivity index (χ4n) is 3.17. The lowest BCUT2D eigenvalue weighted by molar-refractivity contribution is 0.0195. The average molecular weight is 260 g/mol. The number of nitrogens with one attached hydrogen (secondary N) is 1. The van der Waals surface area contributed by atoms with E-state index in [2.05, 4.69) is 23.5 Å². The Hall–Kier alpha value is -0.900. The maximum Gasteiger partial charge on any atom is 0.0718 e. The van der Waals surface area contributed by atoms with Crippen LogP contribution in [0.4, 0.5) is 0 Å². The van der Waals surface area contributed by atoms with Crippen molar-refractivity contribution < 1.29 is 4.74 Å². The Balaban J connectivity index is 1.67. The van der Waals surface area contributed by atoms with E-state index in [9.17, 15) is 0 Å². The highest BCUT2D eigenvalue weighted by Gasteiger charge is 2.19. The molecule has 3 N–H and O–H groups in total. The number of rotatable bonds is 3. The number of benzene rings is 1. The number of fused-ring (bicyclic) bond motifs is 1. The molecule has 0 aromatic heterocycles. The van der Waals surface area contributed by atoms with Gasteiger partial charge in [-0.15, -0.1) is 0 Å². The van der Waals surface area contributed by atoms with Gasteiger partial charge in [-0.2, -0.15) is 0 Å². The van der Waals surface area contributed by atoms with Crippen molar-refractivity contribution in [1.82, 2.24) is 5.32 Å². The van der Waals surface area contributed by atoms with Gasteiger partial charge in [0.1, 0.15) is 0 Å². The maximum atomic E-state index is 6.35. The fourth-order valence-corrected chi connectivity index (χ4v) is 3.17. The molecule has 3 rings (SSSR count). The van der Waals surface area contributed by atoms with Gasteiger partial charge in [0, 0.05) is 19.1 Å². The number of aryl methyl sites for hydroxylation is 2. The first kappa shape index (κ1) is 13.1. The molecule has 2 unspecified atom stereocenters. The fraction of sp³-hybridized carbons (Fsp3) is 0.625. The molecule has 1 aromatic carbocycles. The van der Waals surface area contributed by atoms with Crippen LogP contribution in [0.1, 0.15) is 42.0 Å². The van der Waals surface area contributed by atoms with Gasteiger partial charge in [0.25, 0.3) is 0 Å². The van der Waals surface area contributed by atoms with Gasteiger partial charge >= 0.3 is 0 Å². The summed E-state index contributed by atoms with van der Waals surface area (Å²) in [4.78, 5) is 0. The van der Waals surface area contributed by atoms with Crippen molar-refractivity contribution in [2.75, 3.05) is 19.7 Å². The summed E-state index contributed by atoms with van der Waals surface area (Å²) >= 11 is 0. The van der Waals surface area contributed by atoms with E-state index in [1.165, 1.54) is 42.4 Å². The normalized spacial score (nSPS) is 24.8. The molecule has 1 heterocycles. The van der Waals surface area contributed by atoms with Crippen molar-refractivity contribution in [3.63, 3.8) is 0 Å². The van der Waals surface area contributed by atoms with Crippen LogP contribution in [0.5, 0.6) is 0 Å². The van der Waals surface area contributed by atoms with Crippen LogP contribution in [0.3, 0.4) is 0 Å². The molecule has 1 saturated heterocycles. The van der Waals surface area contributed by atoms with Gasteiger partial charge < -0.3 is 15.8 Å². The molecule has 3 nitrogen and oxygen atoms in total. The summed E-state index contributed by atoms with van der Waals surface area (Å²) < 4.78 is 5.74. The van der Waals surface area contributed by atoms with E-state index in [1.54, 1.807) is 0 Å². The molecule has 3 heteroatoms. The molecule has 2 atom stereocenters. The Morgan fingerprint density at radius 3 is 2.89 bits per heavy atom. The van der Waals surface area contributed by atoms with Gasteiger partial charge in [0.05, 0.1) is 12.7 Å². The summed E-state index contributed by atoms with van der Waals surface area (Å²) in [5, 5.41) is 3.36. The minimum absolute atomic E-state index is 0.0946. The lowest BCUT2D eigenvalue weighted by Gasteiger charge is -2.27. The summed E-state index contributed by atoms with van der Waals surface area (Å²) in [5.41, 5.74) is 10.7. The van der Waals surface area contributed by atoms with E-state index in [1.807, 2.05) is 0 Å². The molecular formula is C16H24N2O. The molecule has 0 spiro atoms. The second-order valence-electron chi connectivity index (χ2n) is 5.77. The lowest BCUT2D eigenvalue weighted by Crippen LogP contribution is -2.40. The smallest absolute Gasteiger partial charge is 0.0718 e. The Morgan fingerprint density at radius 1 is 1.26 bits per heavy atom. The van der Waals surface area contributed by atoms with Gasteiger partial charge in [-0.05, 0) is 48.8 Å². The van der Waals surface area contributed by atoms with E-state index >= 15 is 0 Å². The van der Waals surface area contributed by atoms with Crippen LogP contribution in [-0.2, 0) is 17.6 Å². The number of ether oxygens (including phenoxy) is 1. The van der Waals surface area contributed by atoms with Gasteiger partial charge in [-0.3, -0.25) is 0 Å². The topological polar surface area (TPSA) is 47.3 Å². The van der Waals surface area contributed by atoms with Gasteiger partial charge in [0.15, 0.2) is 0 Å². The predicted octanol–water partition coefficient (Wildman–Crippen LogP) is 1.94. The van der Waals surface area contributed by atoms with Crippen LogP contribution in [0, 0.1) is 0 Å². The molecule has 1 aliphatic heterocycles. The Bertz CT molecular complexity index is 427. The number of hydrogen-bond acceptors (Lipinski definition) is 3. The van der Waals surface area contributed by atoms with Crippen molar-refractivity contribution in [2.45, 2.75) is 44.2 Å². The lowest BCUT2D eigenvalue weighted by atomic mass is 9.88. The average Bonchev–Trinajstić information content (AvgIpc) is 2.48. The highest BCUT2D eigenvalue weighted by Crippen LogP contribution is 2.26. The zero-order chi connectivity index (χ0) is 13.1. The minimum atomic E-state index is 0.0946. The molecule has 0 amide bonds. The second kappa shape index (κ2) is 6.04. The van der Waals surface area contributed by atoms with E-state index < -0.39 is 0 Å². The summed E-state index contributed by atoms with van der Waals surface area (Å²) in [5.74, 6) is 0. The van der Waals surface area contributed by atoms with Crippen molar-refractivity contribution in [2.24, 2.45) is 5.73 Å². The molecule has 0 radical (unpaired) electrons. The van der Waals surface area contributed by atoms with E-state index in [0.29, 0.717) is 0 Å². The van der Waals surface area contributed by atoms with E-state index in [0.717, 1.165) is 26.1 Å². The van der Waals surface area contributed by atoms with E-state index in [4.69, 9.17) is 10.5 Å². The van der Waals surface area contributed by atoms with Crippen molar-refractivity contribution in [3.05, 3.63) is 34.9 Å². The third-order valence-electron chi connectivity index (χ3n) is 4.32. The molecule has 1 aliphatic carbocycles. The first-order chi connectivity index (χ1) is 9.33. The second-order valence-corrected chi connectivity index (χ2v) is 5.77. The van der Waals surface area contributed by atoms with Crippen molar-refractivity contribution in [1.29, 1.82) is 0 Å². The molecular weight excluding hydrogens is 236 g/mol. The number of morpholine rings is 1. The largest absolute Gasteiger partial charge is 0.376 e. The number of hydrogen-bond donors (Lipinski definition) is 2. The molecule has 0 bridgehead atoms. The quantitative estimate of drug-likeness (QED) is 0.873. The van der Waals surface area contributed by atoms with Gasteiger partial charge in [-0.25, -0.2) is 0 Å². The summed E-state index contributed by atoms with van der Waals surface area (Å²) in [7, 11) is 0. The predicted molar refractivity (Wildman–Crippen MR) is 77.2 cm³/mol. The van der Waals surface area contributed by atoms with Crippen LogP contribution in [0.2, 0.25) is 0 Å². The first-order valence-corrected chi connectivity index (χ1v) is 7.52. The third kappa shape index (κ3) is 3.16. The summed E-state index contributed by atoms with van der Waals surface area (Å²) in [6, 6.07) is 6.92. The molecule has 0 saturated carbocycles. The molecule has 19 heavy (non-hydrogen) atoms. The van der Waals surface area contributed by atoms with Crippen LogP contribution in [0.15, 0.2) is 18.2 Å². The monoisotopic (exact) mass is 260 g/mol. The Morgan fingerprint density at radius 2 is 2.11 bits per heavy atom. The third-order valence-corrected chi connectivity index (χ3v) is 4.32. The van der Waals surface area contributed by atoms with Crippen LogP contribution < -0.4 is 11.1 Å². The molecule has 104 valence electrons. The SMILES string of the molecule is NC(CC1CNCCO1)c1ccc2c(c1)CCCC2. The first-order valence-electron chi connectivity index (χ1n) is 7.52. The van der Waals surface area contributed by atoms with Gasteiger partial charge in [-0.1, -0.05) is 18.2 Å². The zero-order valence-corrected chi connectivity index (χ0v) is 11.5. The molecule has 1 fully saturated rings. The van der Waals surface area contributed by atoms with Crippen LogP contribution >= 0.6 is 0 Å². The molecule has 1 aromatic rings. The van der Waals surface area contributed by atoms with Crippen molar-refractivity contribution in [3.8, 4) is 0 Å².